The monoisotopic (exact) mass is 725 g/mol. The number of halogens is 3. The highest BCUT2D eigenvalue weighted by Crippen LogP contribution is 2.35. The molecule has 0 unspecified atom stereocenters. The molecule has 4 heterocycles. The Labute approximate surface area is 299 Å². The van der Waals surface area contributed by atoms with Crippen molar-refractivity contribution in [3.8, 4) is 28.8 Å². The molecular weight excluding hydrogens is 683 g/mol. The maximum absolute atomic E-state index is 12.6. The maximum atomic E-state index is 12.6. The molecule has 2 fully saturated rings. The van der Waals surface area contributed by atoms with E-state index in [9.17, 15) is 18.4 Å². The van der Waals surface area contributed by atoms with Gasteiger partial charge >= 0.3 is 6.18 Å². The van der Waals surface area contributed by atoms with Gasteiger partial charge < -0.3 is 24.3 Å². The number of ether oxygens (including phenoxy) is 4. The van der Waals surface area contributed by atoms with E-state index in [1.807, 2.05) is 17.8 Å². The third-order valence-electron chi connectivity index (χ3n) is 8.93. The lowest BCUT2D eigenvalue weighted by molar-refractivity contribution is -0.175. The predicted molar refractivity (Wildman–Crippen MR) is 181 cm³/mol. The normalized spacial score (nSPS) is 21.7. The Balaban J connectivity index is 1.13. The second-order valence-electron chi connectivity index (χ2n) is 13.2. The van der Waals surface area contributed by atoms with Gasteiger partial charge in [-0.1, -0.05) is 6.07 Å². The zero-order valence-corrected chi connectivity index (χ0v) is 29.2. The molecular formula is C34H42F3N11O4. The first kappa shape index (κ1) is 36.9. The number of benzene rings is 1. The van der Waals surface area contributed by atoms with Gasteiger partial charge in [0.25, 0.3) is 5.88 Å². The molecule has 2 aliphatic rings. The van der Waals surface area contributed by atoms with Crippen LogP contribution in [0, 0.1) is 11.3 Å². The summed E-state index contributed by atoms with van der Waals surface area (Å²) in [7, 11) is 0. The van der Waals surface area contributed by atoms with Gasteiger partial charge in [-0.2, -0.15) is 18.4 Å². The molecule has 15 nitrogen and oxygen atoms in total. The molecule has 0 spiro atoms. The number of nitriles is 1. The fraction of sp³-hybridized carbons (Fsp3) is 0.559. The van der Waals surface area contributed by atoms with Crippen LogP contribution in [0.15, 0.2) is 43.1 Å². The van der Waals surface area contributed by atoms with Crippen molar-refractivity contribution in [3.05, 3.63) is 48.7 Å². The van der Waals surface area contributed by atoms with E-state index in [2.05, 4.69) is 60.7 Å². The summed E-state index contributed by atoms with van der Waals surface area (Å²) >= 11 is 0. The molecule has 1 aliphatic heterocycles. The van der Waals surface area contributed by atoms with Crippen molar-refractivity contribution in [2.24, 2.45) is 0 Å². The van der Waals surface area contributed by atoms with Gasteiger partial charge in [-0.15, -0.1) is 10.2 Å². The van der Waals surface area contributed by atoms with Crippen molar-refractivity contribution >= 4 is 11.6 Å². The first-order valence-corrected chi connectivity index (χ1v) is 17.3. The van der Waals surface area contributed by atoms with Crippen molar-refractivity contribution in [1.29, 1.82) is 5.26 Å². The SMILES string of the molecule is C[C@@H]1CN([C@H]2CC[C@H](n3cc(Nc4ncc(-c5ccc(C#N)c(O[C@@H](C)Cn6cnnn6)c5)cn4)c(OCCOCC(F)(F)F)n3)CC2)C[C@H](C)O1. The van der Waals surface area contributed by atoms with Crippen LogP contribution in [-0.4, -0.2) is 108 Å². The molecule has 18 heteroatoms. The Kier molecular flexibility index (Phi) is 11.8. The molecule has 0 amide bonds. The average molecular weight is 726 g/mol. The molecule has 278 valence electrons. The van der Waals surface area contributed by atoms with E-state index in [-0.39, 0.29) is 49.4 Å². The molecule has 0 radical (unpaired) electrons. The molecule has 3 atom stereocenters. The topological polar surface area (TPSA) is 163 Å². The Morgan fingerprint density at radius 3 is 2.44 bits per heavy atom. The van der Waals surface area contributed by atoms with Crippen molar-refractivity contribution < 1.29 is 32.1 Å². The highest BCUT2D eigenvalue weighted by atomic mass is 19.4. The van der Waals surface area contributed by atoms with Gasteiger partial charge in [-0.05, 0) is 74.6 Å². The Bertz CT molecular complexity index is 1760. The number of morpholine rings is 1. The van der Waals surface area contributed by atoms with Crippen LogP contribution in [0.4, 0.5) is 24.8 Å². The van der Waals surface area contributed by atoms with Crippen LogP contribution < -0.4 is 14.8 Å². The van der Waals surface area contributed by atoms with E-state index in [0.717, 1.165) is 44.3 Å². The van der Waals surface area contributed by atoms with Gasteiger partial charge in [0, 0.05) is 37.1 Å². The predicted octanol–water partition coefficient (Wildman–Crippen LogP) is 4.96. The van der Waals surface area contributed by atoms with E-state index in [0.29, 0.717) is 35.2 Å². The fourth-order valence-corrected chi connectivity index (χ4v) is 6.68. The smallest absolute Gasteiger partial charge is 0.411 e. The van der Waals surface area contributed by atoms with Gasteiger partial charge in [0.1, 0.15) is 43.2 Å². The second-order valence-corrected chi connectivity index (χ2v) is 13.2. The number of nitrogens with zero attached hydrogens (tertiary/aromatic N) is 10. The summed E-state index contributed by atoms with van der Waals surface area (Å²) in [5.74, 6) is 0.881. The molecule has 6 rings (SSSR count). The second kappa shape index (κ2) is 16.7. The lowest BCUT2D eigenvalue weighted by Crippen LogP contribution is -2.51. The number of hydrogen-bond acceptors (Lipinski definition) is 13. The summed E-state index contributed by atoms with van der Waals surface area (Å²) in [6.07, 6.45) is 6.10. The van der Waals surface area contributed by atoms with Gasteiger partial charge in [-0.3, -0.25) is 9.58 Å². The van der Waals surface area contributed by atoms with Gasteiger partial charge in [-0.25, -0.2) is 14.6 Å². The number of aromatic nitrogens is 8. The van der Waals surface area contributed by atoms with Crippen LogP contribution in [0.25, 0.3) is 11.1 Å². The highest BCUT2D eigenvalue weighted by molar-refractivity contribution is 5.67. The number of tetrazole rings is 1. The van der Waals surface area contributed by atoms with E-state index in [1.54, 1.807) is 35.3 Å². The maximum Gasteiger partial charge on any atom is 0.411 e. The number of rotatable bonds is 14. The van der Waals surface area contributed by atoms with Crippen molar-refractivity contribution in [3.63, 3.8) is 0 Å². The van der Waals surface area contributed by atoms with E-state index < -0.39 is 12.8 Å². The Morgan fingerprint density at radius 2 is 1.77 bits per heavy atom. The van der Waals surface area contributed by atoms with Crippen molar-refractivity contribution in [2.45, 2.75) is 89.6 Å². The van der Waals surface area contributed by atoms with Crippen LogP contribution in [0.2, 0.25) is 0 Å². The van der Waals surface area contributed by atoms with Crippen LogP contribution in [0.5, 0.6) is 11.6 Å². The van der Waals surface area contributed by atoms with E-state index >= 15 is 0 Å². The number of nitrogens with one attached hydrogen (secondary N) is 1. The third-order valence-corrected chi connectivity index (χ3v) is 8.93. The molecule has 1 saturated carbocycles. The van der Waals surface area contributed by atoms with Crippen LogP contribution in [0.3, 0.4) is 0 Å². The Hall–Kier alpha value is -4.86. The highest BCUT2D eigenvalue weighted by Gasteiger charge is 2.32. The van der Waals surface area contributed by atoms with Crippen LogP contribution in [0.1, 0.15) is 58.1 Å². The average Bonchev–Trinajstić information content (AvgIpc) is 3.77. The number of hydrogen-bond donors (Lipinski definition) is 1. The minimum absolute atomic E-state index is 0.123. The molecule has 1 aliphatic carbocycles. The molecule has 3 aromatic heterocycles. The number of alkyl halides is 3. The summed E-state index contributed by atoms with van der Waals surface area (Å²) in [6.45, 7) is 6.57. The quantitative estimate of drug-likeness (QED) is 0.174. The minimum Gasteiger partial charge on any atom is -0.487 e. The first-order chi connectivity index (χ1) is 25.0. The Morgan fingerprint density at radius 1 is 1.04 bits per heavy atom. The van der Waals surface area contributed by atoms with Crippen molar-refractivity contribution in [1.82, 2.24) is 44.9 Å². The third kappa shape index (κ3) is 9.92. The molecule has 1 aromatic carbocycles. The van der Waals surface area contributed by atoms with Crippen molar-refractivity contribution in [2.75, 3.05) is 38.2 Å². The van der Waals surface area contributed by atoms with E-state index in [1.165, 1.54) is 6.33 Å². The standard InChI is InChI=1S/C34H42F3N11O4/c1-22-16-46(17-23(2)51-22)28-6-8-29(9-7-28)48-19-30(32(43-48)50-11-10-49-20-34(35,36)37)42-33-39-14-27(15-40-33)25-4-5-26(13-38)31(12-25)52-24(3)18-47-21-41-44-45-47/h4-5,12,14-15,19,21-24,28-29H,6-11,16-18,20H2,1-3H3,(H,39,40,42)/t22-,23+,24-,28-,29-/m0/s1. The summed E-state index contributed by atoms with van der Waals surface area (Å²) < 4.78 is 63.6. The van der Waals surface area contributed by atoms with Gasteiger partial charge in [0.15, 0.2) is 0 Å². The minimum atomic E-state index is -4.42. The molecule has 0 bridgehead atoms. The zero-order chi connectivity index (χ0) is 36.7. The van der Waals surface area contributed by atoms with Gasteiger partial charge in [0.05, 0.1) is 43.2 Å². The molecule has 1 N–H and O–H groups in total. The molecule has 1 saturated heterocycles. The fourth-order valence-electron chi connectivity index (χ4n) is 6.68. The largest absolute Gasteiger partial charge is 0.487 e. The summed E-state index contributed by atoms with van der Waals surface area (Å²) in [5, 5.41) is 28.6. The van der Waals surface area contributed by atoms with E-state index in [4.69, 9.17) is 18.9 Å². The van der Waals surface area contributed by atoms with Crippen LogP contribution in [-0.2, 0) is 16.0 Å². The molecule has 4 aromatic rings. The summed E-state index contributed by atoms with van der Waals surface area (Å²) in [4.78, 5) is 11.5. The number of anilines is 2. The lowest BCUT2D eigenvalue weighted by Gasteiger charge is -2.42. The molecule has 52 heavy (non-hydrogen) atoms. The zero-order valence-electron chi connectivity index (χ0n) is 29.2. The lowest BCUT2D eigenvalue weighted by atomic mass is 9.89. The summed E-state index contributed by atoms with van der Waals surface area (Å²) in [6, 6.07) is 7.97. The van der Waals surface area contributed by atoms with Gasteiger partial charge in [0.2, 0.25) is 5.95 Å². The van der Waals surface area contributed by atoms with Crippen LogP contribution >= 0.6 is 0 Å². The summed E-state index contributed by atoms with van der Waals surface area (Å²) in [5.41, 5.74) is 2.27. The first-order valence-electron chi connectivity index (χ1n) is 17.3.